The summed E-state index contributed by atoms with van der Waals surface area (Å²) >= 11 is 0. The van der Waals surface area contributed by atoms with Gasteiger partial charge in [0.2, 0.25) is 0 Å². The standard InChI is InChI=1S/C21H25N7O2/c1-14-7-8-15(28-25-12-17(26-28)21(2,3)30)13-27(14)20(29)19-18(23-10-11-24-19)16-6-4-5-9-22-16/h4-6,9-12,14-15,30H,7-8,13H2,1-3H3/t14-,15-/m1/s1. The number of pyridine rings is 1. The molecule has 4 heterocycles. The smallest absolute Gasteiger partial charge is 0.275 e. The first-order valence-electron chi connectivity index (χ1n) is 10.0. The maximum atomic E-state index is 13.5. The number of hydrogen-bond acceptors (Lipinski definition) is 7. The molecule has 1 fully saturated rings. The number of aromatic nitrogens is 6. The Morgan fingerprint density at radius 3 is 2.63 bits per heavy atom. The van der Waals surface area contributed by atoms with Crippen LogP contribution >= 0.6 is 0 Å². The number of nitrogens with zero attached hydrogens (tertiary/aromatic N) is 7. The minimum Gasteiger partial charge on any atom is -0.384 e. The second-order valence-electron chi connectivity index (χ2n) is 8.12. The summed E-state index contributed by atoms with van der Waals surface area (Å²) in [7, 11) is 0. The number of hydrogen-bond donors (Lipinski definition) is 1. The molecule has 0 unspecified atom stereocenters. The van der Waals surface area contributed by atoms with Gasteiger partial charge in [-0.25, -0.2) is 4.98 Å². The molecule has 2 atom stereocenters. The molecule has 0 saturated carbocycles. The number of likely N-dealkylation sites (tertiary alicyclic amines) is 1. The molecule has 1 amide bonds. The highest BCUT2D eigenvalue weighted by atomic mass is 16.3. The lowest BCUT2D eigenvalue weighted by Crippen LogP contribution is -2.47. The van der Waals surface area contributed by atoms with Gasteiger partial charge in [0.1, 0.15) is 17.0 Å². The maximum absolute atomic E-state index is 13.5. The van der Waals surface area contributed by atoms with Gasteiger partial charge in [-0.15, -0.1) is 0 Å². The summed E-state index contributed by atoms with van der Waals surface area (Å²) in [6, 6.07) is 5.47. The van der Waals surface area contributed by atoms with Crippen LogP contribution in [0.3, 0.4) is 0 Å². The van der Waals surface area contributed by atoms with Crippen molar-refractivity contribution in [1.29, 1.82) is 0 Å². The number of rotatable bonds is 4. The molecular formula is C21H25N7O2. The summed E-state index contributed by atoms with van der Waals surface area (Å²) in [6.07, 6.45) is 7.99. The molecule has 0 aliphatic carbocycles. The Balaban J connectivity index is 1.61. The first-order valence-corrected chi connectivity index (χ1v) is 10.0. The highest BCUT2D eigenvalue weighted by Gasteiger charge is 2.34. The van der Waals surface area contributed by atoms with Crippen LogP contribution in [0.2, 0.25) is 0 Å². The summed E-state index contributed by atoms with van der Waals surface area (Å²) in [5.41, 5.74) is 0.810. The molecule has 4 rings (SSSR count). The van der Waals surface area contributed by atoms with E-state index < -0.39 is 5.60 Å². The second kappa shape index (κ2) is 7.91. The Kier molecular flexibility index (Phi) is 5.29. The predicted octanol–water partition coefficient (Wildman–Crippen LogP) is 2.22. The van der Waals surface area contributed by atoms with Gasteiger partial charge in [0.15, 0.2) is 5.69 Å². The summed E-state index contributed by atoms with van der Waals surface area (Å²) in [4.78, 5) is 29.9. The summed E-state index contributed by atoms with van der Waals surface area (Å²) in [6.45, 7) is 5.84. The SMILES string of the molecule is C[C@@H]1CC[C@@H](n2ncc(C(C)(C)O)n2)CN1C(=O)c1nccnc1-c1ccccn1. The van der Waals surface area contributed by atoms with Crippen molar-refractivity contribution in [1.82, 2.24) is 34.8 Å². The van der Waals surface area contributed by atoms with Crippen molar-refractivity contribution in [2.45, 2.75) is 51.3 Å². The third-order valence-corrected chi connectivity index (χ3v) is 5.39. The minimum atomic E-state index is -1.06. The highest BCUT2D eigenvalue weighted by Crippen LogP contribution is 2.28. The average Bonchev–Trinajstić information content (AvgIpc) is 3.25. The monoisotopic (exact) mass is 407 g/mol. The van der Waals surface area contributed by atoms with E-state index in [1.165, 1.54) is 6.20 Å². The molecular weight excluding hydrogens is 382 g/mol. The zero-order chi connectivity index (χ0) is 21.3. The van der Waals surface area contributed by atoms with E-state index in [4.69, 9.17) is 0 Å². The van der Waals surface area contributed by atoms with E-state index in [2.05, 4.69) is 25.1 Å². The Morgan fingerprint density at radius 1 is 1.13 bits per heavy atom. The molecule has 0 bridgehead atoms. The fourth-order valence-electron chi connectivity index (χ4n) is 3.61. The van der Waals surface area contributed by atoms with E-state index in [1.54, 1.807) is 42.1 Å². The van der Waals surface area contributed by atoms with E-state index >= 15 is 0 Å². The van der Waals surface area contributed by atoms with Crippen LogP contribution in [-0.2, 0) is 5.60 Å². The Morgan fingerprint density at radius 2 is 1.93 bits per heavy atom. The largest absolute Gasteiger partial charge is 0.384 e. The van der Waals surface area contributed by atoms with Crippen molar-refractivity contribution in [2.24, 2.45) is 0 Å². The zero-order valence-electron chi connectivity index (χ0n) is 17.3. The molecule has 3 aromatic heterocycles. The maximum Gasteiger partial charge on any atom is 0.275 e. The number of carbonyl (C=O) groups is 1. The topological polar surface area (TPSA) is 110 Å². The summed E-state index contributed by atoms with van der Waals surface area (Å²) in [5, 5.41) is 18.9. The van der Waals surface area contributed by atoms with Gasteiger partial charge in [0, 0.05) is 31.2 Å². The molecule has 0 spiro atoms. The summed E-state index contributed by atoms with van der Waals surface area (Å²) < 4.78 is 0. The van der Waals surface area contributed by atoms with E-state index in [9.17, 15) is 9.90 Å². The van der Waals surface area contributed by atoms with Crippen LogP contribution in [0, 0.1) is 0 Å². The van der Waals surface area contributed by atoms with Gasteiger partial charge in [-0.2, -0.15) is 15.0 Å². The quantitative estimate of drug-likeness (QED) is 0.706. The molecule has 1 aliphatic heterocycles. The van der Waals surface area contributed by atoms with E-state index in [0.717, 1.165) is 12.8 Å². The molecule has 156 valence electrons. The van der Waals surface area contributed by atoms with Crippen LogP contribution in [0.15, 0.2) is 43.0 Å². The van der Waals surface area contributed by atoms with Crippen LogP contribution in [0.25, 0.3) is 11.4 Å². The molecule has 1 saturated heterocycles. The Bertz CT molecular complexity index is 1030. The van der Waals surface area contributed by atoms with E-state index in [-0.39, 0.29) is 23.7 Å². The van der Waals surface area contributed by atoms with Crippen molar-refractivity contribution in [3.05, 3.63) is 54.4 Å². The minimum absolute atomic E-state index is 0.0525. The van der Waals surface area contributed by atoms with Crippen molar-refractivity contribution in [3.63, 3.8) is 0 Å². The zero-order valence-corrected chi connectivity index (χ0v) is 17.3. The fraction of sp³-hybridized carbons (Fsp3) is 0.429. The molecule has 3 aromatic rings. The molecule has 1 aliphatic rings. The molecule has 1 N–H and O–H groups in total. The fourth-order valence-corrected chi connectivity index (χ4v) is 3.61. The second-order valence-corrected chi connectivity index (χ2v) is 8.12. The number of aliphatic hydroxyl groups is 1. The normalized spacial score (nSPS) is 19.7. The third kappa shape index (κ3) is 3.93. The van der Waals surface area contributed by atoms with Gasteiger partial charge < -0.3 is 10.0 Å². The average molecular weight is 407 g/mol. The lowest BCUT2D eigenvalue weighted by molar-refractivity contribution is 0.0528. The highest BCUT2D eigenvalue weighted by molar-refractivity contribution is 5.97. The van der Waals surface area contributed by atoms with Crippen LogP contribution < -0.4 is 0 Å². The lowest BCUT2D eigenvalue weighted by Gasteiger charge is -2.37. The van der Waals surface area contributed by atoms with Gasteiger partial charge in [0.25, 0.3) is 5.91 Å². The van der Waals surface area contributed by atoms with Gasteiger partial charge in [-0.1, -0.05) is 6.07 Å². The van der Waals surface area contributed by atoms with Crippen molar-refractivity contribution < 1.29 is 9.90 Å². The molecule has 9 heteroatoms. The van der Waals surface area contributed by atoms with Gasteiger partial charge >= 0.3 is 0 Å². The van der Waals surface area contributed by atoms with Crippen molar-refractivity contribution in [3.8, 4) is 11.4 Å². The summed E-state index contributed by atoms with van der Waals surface area (Å²) in [5.74, 6) is -0.184. The lowest BCUT2D eigenvalue weighted by atomic mass is 9.99. The first-order chi connectivity index (χ1) is 14.3. The van der Waals surface area contributed by atoms with Crippen molar-refractivity contribution >= 4 is 5.91 Å². The van der Waals surface area contributed by atoms with E-state index in [0.29, 0.717) is 23.6 Å². The first kappa shape index (κ1) is 20.1. The number of piperidine rings is 1. The van der Waals surface area contributed by atoms with Crippen LogP contribution in [0.5, 0.6) is 0 Å². The Hall–Kier alpha value is -3.20. The van der Waals surface area contributed by atoms with Crippen LogP contribution in [-0.4, -0.2) is 58.4 Å². The number of amides is 1. The third-order valence-electron chi connectivity index (χ3n) is 5.39. The van der Waals surface area contributed by atoms with Crippen LogP contribution in [0.1, 0.15) is 55.8 Å². The molecule has 30 heavy (non-hydrogen) atoms. The van der Waals surface area contributed by atoms with E-state index in [1.807, 2.05) is 25.1 Å². The molecule has 9 nitrogen and oxygen atoms in total. The molecule has 0 aromatic carbocycles. The van der Waals surface area contributed by atoms with Crippen molar-refractivity contribution in [2.75, 3.05) is 6.54 Å². The van der Waals surface area contributed by atoms with Gasteiger partial charge in [0.05, 0.1) is 17.9 Å². The van der Waals surface area contributed by atoms with Gasteiger partial charge in [-0.05, 0) is 45.7 Å². The predicted molar refractivity (Wildman–Crippen MR) is 109 cm³/mol. The van der Waals surface area contributed by atoms with Crippen LogP contribution in [0.4, 0.5) is 0 Å². The molecule has 0 radical (unpaired) electrons. The van der Waals surface area contributed by atoms with Gasteiger partial charge in [-0.3, -0.25) is 14.8 Å². The number of carbonyl (C=O) groups excluding carboxylic acids is 1. The Labute approximate surface area is 174 Å².